The molecule has 1 unspecified atom stereocenters. The number of halogens is 1. The number of likely N-dealkylation sites (N-methyl/N-ethyl adjacent to an activating group) is 1. The molecule has 1 amide bonds. The first-order chi connectivity index (χ1) is 10.7. The number of benzene rings is 1. The number of amides is 1. The third-order valence-corrected chi connectivity index (χ3v) is 4.21. The van der Waals surface area contributed by atoms with E-state index >= 15 is 0 Å². The van der Waals surface area contributed by atoms with Crippen molar-refractivity contribution in [1.82, 2.24) is 10.2 Å². The van der Waals surface area contributed by atoms with Gasteiger partial charge in [-0.05, 0) is 44.0 Å². The predicted molar refractivity (Wildman–Crippen MR) is 93.8 cm³/mol. The van der Waals surface area contributed by atoms with Crippen LogP contribution in [0.25, 0.3) is 0 Å². The van der Waals surface area contributed by atoms with Crippen LogP contribution in [-0.2, 0) is 11.2 Å². The monoisotopic (exact) mass is 342 g/mol. The number of methoxy groups -OCH3 is 2. The van der Waals surface area contributed by atoms with Crippen LogP contribution in [0.1, 0.15) is 24.8 Å². The van der Waals surface area contributed by atoms with Crippen molar-refractivity contribution in [3.63, 3.8) is 0 Å². The average Bonchev–Trinajstić information content (AvgIpc) is 3.01. The Kier molecular flexibility index (Phi) is 8.20. The SMILES string of the molecule is CNCC1CCCN1C(=O)CCc1ccc(OC)c(OC)c1.Cl. The molecule has 1 aliphatic rings. The Morgan fingerprint density at radius 1 is 1.30 bits per heavy atom. The number of likely N-dealkylation sites (tertiary alicyclic amines) is 1. The zero-order valence-electron chi connectivity index (χ0n) is 14.1. The molecular formula is C17H27ClN2O3. The van der Waals surface area contributed by atoms with Gasteiger partial charge >= 0.3 is 0 Å². The van der Waals surface area contributed by atoms with Crippen LogP contribution in [0, 0.1) is 0 Å². The largest absolute Gasteiger partial charge is 0.493 e. The van der Waals surface area contributed by atoms with Gasteiger partial charge in [0.05, 0.1) is 14.2 Å². The van der Waals surface area contributed by atoms with Crippen LogP contribution in [0.3, 0.4) is 0 Å². The fourth-order valence-electron chi connectivity index (χ4n) is 3.04. The lowest BCUT2D eigenvalue weighted by Crippen LogP contribution is -2.40. The van der Waals surface area contributed by atoms with Crippen LogP contribution in [0.15, 0.2) is 18.2 Å². The lowest BCUT2D eigenvalue weighted by atomic mass is 10.1. The number of aryl methyl sites for hydroxylation is 1. The Bertz CT molecular complexity index is 511. The molecule has 1 N–H and O–H groups in total. The van der Waals surface area contributed by atoms with Crippen LogP contribution in [-0.4, -0.2) is 51.2 Å². The Labute approximate surface area is 144 Å². The minimum atomic E-state index is 0. The first kappa shape index (κ1) is 19.6. The topological polar surface area (TPSA) is 50.8 Å². The Balaban J connectivity index is 0.00000264. The molecule has 130 valence electrons. The van der Waals surface area contributed by atoms with Gasteiger partial charge in [-0.1, -0.05) is 6.07 Å². The van der Waals surface area contributed by atoms with Gasteiger partial charge in [-0.2, -0.15) is 0 Å². The van der Waals surface area contributed by atoms with E-state index in [1.807, 2.05) is 30.1 Å². The van der Waals surface area contributed by atoms with Gasteiger partial charge in [0.2, 0.25) is 5.91 Å². The highest BCUT2D eigenvalue weighted by Crippen LogP contribution is 2.28. The third kappa shape index (κ3) is 5.01. The van der Waals surface area contributed by atoms with Crippen molar-refractivity contribution in [2.24, 2.45) is 0 Å². The molecule has 1 atom stereocenters. The van der Waals surface area contributed by atoms with Gasteiger partial charge in [0.1, 0.15) is 0 Å². The first-order valence-electron chi connectivity index (χ1n) is 7.84. The van der Waals surface area contributed by atoms with E-state index in [0.717, 1.165) is 37.9 Å². The fraction of sp³-hybridized carbons (Fsp3) is 0.588. The zero-order chi connectivity index (χ0) is 15.9. The number of nitrogens with one attached hydrogen (secondary N) is 1. The van der Waals surface area contributed by atoms with Gasteiger partial charge in [-0.15, -0.1) is 12.4 Å². The highest BCUT2D eigenvalue weighted by Gasteiger charge is 2.27. The predicted octanol–water partition coefficient (Wildman–Crippen LogP) is 2.27. The highest BCUT2D eigenvalue weighted by atomic mass is 35.5. The van der Waals surface area contributed by atoms with Crippen molar-refractivity contribution in [3.8, 4) is 11.5 Å². The molecule has 1 aliphatic heterocycles. The molecule has 23 heavy (non-hydrogen) atoms. The summed E-state index contributed by atoms with van der Waals surface area (Å²) in [5.41, 5.74) is 1.09. The quantitative estimate of drug-likeness (QED) is 0.826. The standard InChI is InChI=1S/C17H26N2O3.ClH/c1-18-12-14-5-4-10-19(14)17(20)9-7-13-6-8-15(21-2)16(11-13)22-3;/h6,8,11,14,18H,4-5,7,9-10,12H2,1-3H3;1H. The number of hydrogen-bond donors (Lipinski definition) is 1. The number of hydrogen-bond acceptors (Lipinski definition) is 4. The van der Waals surface area contributed by atoms with Gasteiger partial charge in [0, 0.05) is 25.6 Å². The van der Waals surface area contributed by atoms with Gasteiger partial charge in [0.25, 0.3) is 0 Å². The number of ether oxygens (including phenoxy) is 2. The Morgan fingerprint density at radius 2 is 2.04 bits per heavy atom. The summed E-state index contributed by atoms with van der Waals surface area (Å²) in [5, 5.41) is 3.17. The third-order valence-electron chi connectivity index (χ3n) is 4.21. The van der Waals surface area contributed by atoms with Crippen molar-refractivity contribution in [1.29, 1.82) is 0 Å². The van der Waals surface area contributed by atoms with E-state index in [2.05, 4.69) is 5.32 Å². The fourth-order valence-corrected chi connectivity index (χ4v) is 3.04. The number of carbonyl (C=O) groups excluding carboxylic acids is 1. The minimum absolute atomic E-state index is 0. The average molecular weight is 343 g/mol. The zero-order valence-corrected chi connectivity index (χ0v) is 14.9. The maximum Gasteiger partial charge on any atom is 0.223 e. The van der Waals surface area contributed by atoms with Crippen molar-refractivity contribution >= 4 is 18.3 Å². The first-order valence-corrected chi connectivity index (χ1v) is 7.84. The second kappa shape index (κ2) is 9.63. The Hall–Kier alpha value is -1.46. The number of carbonyl (C=O) groups is 1. The molecule has 2 rings (SSSR count). The van der Waals surface area contributed by atoms with Crippen molar-refractivity contribution in [2.75, 3.05) is 34.4 Å². The van der Waals surface area contributed by atoms with E-state index in [-0.39, 0.29) is 18.3 Å². The maximum atomic E-state index is 12.4. The summed E-state index contributed by atoms with van der Waals surface area (Å²) in [4.78, 5) is 14.4. The molecule has 1 fully saturated rings. The molecule has 1 aromatic carbocycles. The molecular weight excluding hydrogens is 316 g/mol. The Morgan fingerprint density at radius 3 is 2.70 bits per heavy atom. The van der Waals surface area contributed by atoms with E-state index in [1.54, 1.807) is 14.2 Å². The second-order valence-corrected chi connectivity index (χ2v) is 5.63. The molecule has 0 bridgehead atoms. The van der Waals surface area contributed by atoms with Gasteiger partial charge in [-0.25, -0.2) is 0 Å². The van der Waals surface area contributed by atoms with E-state index in [0.29, 0.717) is 24.0 Å². The van der Waals surface area contributed by atoms with Gasteiger partial charge in [0.15, 0.2) is 11.5 Å². The second-order valence-electron chi connectivity index (χ2n) is 5.63. The molecule has 5 nitrogen and oxygen atoms in total. The molecule has 1 saturated heterocycles. The highest BCUT2D eigenvalue weighted by molar-refractivity contribution is 5.85. The summed E-state index contributed by atoms with van der Waals surface area (Å²) in [6, 6.07) is 6.17. The van der Waals surface area contributed by atoms with E-state index in [4.69, 9.17) is 9.47 Å². The summed E-state index contributed by atoms with van der Waals surface area (Å²) in [6.07, 6.45) is 3.47. The van der Waals surface area contributed by atoms with Crippen LogP contribution in [0.4, 0.5) is 0 Å². The summed E-state index contributed by atoms with van der Waals surface area (Å²) < 4.78 is 10.5. The normalized spacial score (nSPS) is 16.8. The summed E-state index contributed by atoms with van der Waals surface area (Å²) in [7, 11) is 5.18. The lowest BCUT2D eigenvalue weighted by Gasteiger charge is -2.24. The lowest BCUT2D eigenvalue weighted by molar-refractivity contribution is -0.131. The molecule has 0 aliphatic carbocycles. The summed E-state index contributed by atoms with van der Waals surface area (Å²) >= 11 is 0. The molecule has 0 radical (unpaired) electrons. The van der Waals surface area contributed by atoms with Crippen LogP contribution in [0.5, 0.6) is 11.5 Å². The van der Waals surface area contributed by atoms with Crippen LogP contribution in [0.2, 0.25) is 0 Å². The van der Waals surface area contributed by atoms with Crippen molar-refractivity contribution < 1.29 is 14.3 Å². The van der Waals surface area contributed by atoms with E-state index < -0.39 is 0 Å². The summed E-state index contributed by atoms with van der Waals surface area (Å²) in [5.74, 6) is 1.67. The smallest absolute Gasteiger partial charge is 0.223 e. The molecule has 0 saturated carbocycles. The molecule has 6 heteroatoms. The van der Waals surface area contributed by atoms with E-state index in [1.165, 1.54) is 0 Å². The summed E-state index contributed by atoms with van der Waals surface area (Å²) in [6.45, 7) is 1.76. The molecule has 1 aromatic rings. The van der Waals surface area contributed by atoms with Crippen LogP contribution < -0.4 is 14.8 Å². The molecule has 0 spiro atoms. The van der Waals surface area contributed by atoms with E-state index in [9.17, 15) is 4.79 Å². The van der Waals surface area contributed by atoms with Crippen molar-refractivity contribution in [3.05, 3.63) is 23.8 Å². The number of nitrogens with zero attached hydrogens (tertiary/aromatic N) is 1. The van der Waals surface area contributed by atoms with Crippen molar-refractivity contribution in [2.45, 2.75) is 31.7 Å². The minimum Gasteiger partial charge on any atom is -0.493 e. The number of rotatable bonds is 7. The molecule has 1 heterocycles. The van der Waals surface area contributed by atoms with Crippen LogP contribution >= 0.6 is 12.4 Å². The molecule has 0 aromatic heterocycles. The maximum absolute atomic E-state index is 12.4. The van der Waals surface area contributed by atoms with Gasteiger partial charge < -0.3 is 19.7 Å². The van der Waals surface area contributed by atoms with Gasteiger partial charge in [-0.3, -0.25) is 4.79 Å².